The fourth-order valence-electron chi connectivity index (χ4n) is 2.94. The maximum Gasteiger partial charge on any atom is 0.262 e. The van der Waals surface area contributed by atoms with Gasteiger partial charge >= 0.3 is 0 Å². The molecule has 0 saturated heterocycles. The first kappa shape index (κ1) is 20.1. The van der Waals surface area contributed by atoms with Crippen molar-refractivity contribution in [1.29, 1.82) is 0 Å². The number of hydrogen-bond acceptors (Lipinski definition) is 3. The lowest BCUT2D eigenvalue weighted by atomic mass is 10.1. The van der Waals surface area contributed by atoms with Crippen molar-refractivity contribution in [2.45, 2.75) is 19.9 Å². The summed E-state index contributed by atoms with van der Waals surface area (Å²) in [4.78, 5) is 25.1. The molecule has 0 saturated carbocycles. The van der Waals surface area contributed by atoms with E-state index in [4.69, 9.17) is 4.74 Å². The van der Waals surface area contributed by atoms with Gasteiger partial charge in [0.1, 0.15) is 5.75 Å². The van der Waals surface area contributed by atoms with E-state index in [1.165, 1.54) is 0 Å². The molecule has 2 amide bonds. The Bertz CT molecular complexity index is 986. The summed E-state index contributed by atoms with van der Waals surface area (Å²) < 4.78 is 5.58. The molecule has 0 fully saturated rings. The van der Waals surface area contributed by atoms with Gasteiger partial charge in [-0.15, -0.1) is 0 Å². The van der Waals surface area contributed by atoms with Gasteiger partial charge in [-0.1, -0.05) is 60.7 Å². The Kier molecular flexibility index (Phi) is 6.63. The van der Waals surface area contributed by atoms with E-state index in [0.717, 1.165) is 11.1 Å². The molecular formula is C24H24N2O3. The molecule has 0 unspecified atom stereocenters. The van der Waals surface area contributed by atoms with E-state index in [1.807, 2.05) is 68.4 Å². The summed E-state index contributed by atoms with van der Waals surface area (Å²) in [6, 6.07) is 24.0. The lowest BCUT2D eigenvalue weighted by molar-refractivity contribution is -0.118. The number of amides is 2. The number of para-hydroxylation sites is 2. The molecule has 1 atom stereocenters. The van der Waals surface area contributed by atoms with Crippen molar-refractivity contribution in [2.24, 2.45) is 0 Å². The average molecular weight is 388 g/mol. The molecule has 5 heteroatoms. The first-order chi connectivity index (χ1) is 14.0. The minimum atomic E-state index is -0.329. The molecule has 0 aromatic heterocycles. The van der Waals surface area contributed by atoms with E-state index in [1.54, 1.807) is 24.3 Å². The number of nitrogens with one attached hydrogen (secondary N) is 2. The second-order valence-electron chi connectivity index (χ2n) is 6.75. The second kappa shape index (κ2) is 9.55. The fourth-order valence-corrected chi connectivity index (χ4v) is 2.94. The second-order valence-corrected chi connectivity index (χ2v) is 6.75. The molecular weight excluding hydrogens is 364 g/mol. The Balaban J connectivity index is 1.64. The summed E-state index contributed by atoms with van der Waals surface area (Å²) in [7, 11) is 0. The van der Waals surface area contributed by atoms with E-state index in [2.05, 4.69) is 10.6 Å². The van der Waals surface area contributed by atoms with Crippen LogP contribution in [0.5, 0.6) is 5.75 Å². The zero-order chi connectivity index (χ0) is 20.6. The minimum absolute atomic E-state index is 0.138. The van der Waals surface area contributed by atoms with Gasteiger partial charge < -0.3 is 15.4 Å². The predicted octanol–water partition coefficient (Wildman–Crippen LogP) is 4.50. The van der Waals surface area contributed by atoms with Crippen molar-refractivity contribution in [2.75, 3.05) is 11.9 Å². The number of hydrogen-bond donors (Lipinski definition) is 2. The number of ether oxygens (including phenoxy) is 1. The van der Waals surface area contributed by atoms with Crippen LogP contribution in [0, 0.1) is 6.92 Å². The van der Waals surface area contributed by atoms with Crippen LogP contribution in [0.2, 0.25) is 0 Å². The van der Waals surface area contributed by atoms with Crippen LogP contribution in [0.25, 0.3) is 0 Å². The first-order valence-electron chi connectivity index (χ1n) is 9.47. The normalized spacial score (nSPS) is 11.4. The number of benzene rings is 3. The van der Waals surface area contributed by atoms with Crippen molar-refractivity contribution in [1.82, 2.24) is 5.32 Å². The monoisotopic (exact) mass is 388 g/mol. The summed E-state index contributed by atoms with van der Waals surface area (Å²) in [5.74, 6) is 0.0760. The molecule has 148 valence electrons. The molecule has 0 radical (unpaired) electrons. The molecule has 3 aromatic carbocycles. The summed E-state index contributed by atoms with van der Waals surface area (Å²) in [5.41, 5.74) is 2.81. The number of rotatable bonds is 7. The number of carbonyl (C=O) groups excluding carboxylic acids is 2. The van der Waals surface area contributed by atoms with E-state index in [0.29, 0.717) is 17.0 Å². The highest BCUT2D eigenvalue weighted by Gasteiger charge is 2.16. The van der Waals surface area contributed by atoms with Gasteiger partial charge in [-0.25, -0.2) is 0 Å². The van der Waals surface area contributed by atoms with Gasteiger partial charge in [0.15, 0.2) is 6.61 Å². The Morgan fingerprint density at radius 1 is 0.897 bits per heavy atom. The predicted molar refractivity (Wildman–Crippen MR) is 114 cm³/mol. The lowest BCUT2D eigenvalue weighted by Crippen LogP contribution is -2.28. The highest BCUT2D eigenvalue weighted by atomic mass is 16.5. The number of aryl methyl sites for hydroxylation is 1. The molecule has 0 bridgehead atoms. The maximum atomic E-state index is 12.8. The lowest BCUT2D eigenvalue weighted by Gasteiger charge is -2.16. The summed E-state index contributed by atoms with van der Waals surface area (Å²) >= 11 is 0. The van der Waals surface area contributed by atoms with Crippen LogP contribution in [0.4, 0.5) is 5.69 Å². The fraction of sp³-hybridized carbons (Fsp3) is 0.167. The largest absolute Gasteiger partial charge is 0.483 e. The van der Waals surface area contributed by atoms with Crippen molar-refractivity contribution < 1.29 is 14.3 Å². The van der Waals surface area contributed by atoms with Crippen LogP contribution in [0.3, 0.4) is 0 Å². The van der Waals surface area contributed by atoms with Crippen molar-refractivity contribution in [3.8, 4) is 5.75 Å². The summed E-state index contributed by atoms with van der Waals surface area (Å²) in [6.07, 6.45) is 0. The van der Waals surface area contributed by atoms with Gasteiger partial charge in [0.25, 0.3) is 11.8 Å². The van der Waals surface area contributed by atoms with E-state index >= 15 is 0 Å². The van der Waals surface area contributed by atoms with Gasteiger partial charge in [-0.3, -0.25) is 9.59 Å². The summed E-state index contributed by atoms with van der Waals surface area (Å²) in [5, 5.41) is 5.74. The first-order valence-corrected chi connectivity index (χ1v) is 9.47. The highest BCUT2D eigenvalue weighted by molar-refractivity contribution is 6.04. The Hall–Kier alpha value is -3.60. The van der Waals surface area contributed by atoms with Gasteiger partial charge in [0.2, 0.25) is 0 Å². The maximum absolute atomic E-state index is 12.8. The Morgan fingerprint density at radius 3 is 2.31 bits per heavy atom. The third-order valence-electron chi connectivity index (χ3n) is 4.55. The van der Waals surface area contributed by atoms with Gasteiger partial charge in [-0.05, 0) is 43.2 Å². The van der Waals surface area contributed by atoms with E-state index in [-0.39, 0.29) is 24.5 Å². The molecule has 0 aliphatic heterocycles. The van der Waals surface area contributed by atoms with Crippen molar-refractivity contribution in [3.05, 3.63) is 95.6 Å². The quantitative estimate of drug-likeness (QED) is 0.626. The average Bonchev–Trinajstić information content (AvgIpc) is 2.74. The molecule has 0 aliphatic carbocycles. The van der Waals surface area contributed by atoms with E-state index < -0.39 is 0 Å². The van der Waals surface area contributed by atoms with Crippen LogP contribution in [-0.2, 0) is 4.79 Å². The van der Waals surface area contributed by atoms with Crippen molar-refractivity contribution in [3.63, 3.8) is 0 Å². The van der Waals surface area contributed by atoms with Gasteiger partial charge in [0.05, 0.1) is 17.3 Å². The molecule has 3 rings (SSSR count). The Morgan fingerprint density at radius 2 is 1.55 bits per heavy atom. The SMILES string of the molecule is Cc1ccccc1OCC(=O)Nc1ccccc1C(=O)N[C@H](C)c1ccccc1. The van der Waals surface area contributed by atoms with Crippen LogP contribution >= 0.6 is 0 Å². The zero-order valence-electron chi connectivity index (χ0n) is 16.5. The molecule has 0 spiro atoms. The van der Waals surface area contributed by atoms with Crippen LogP contribution < -0.4 is 15.4 Å². The minimum Gasteiger partial charge on any atom is -0.483 e. The van der Waals surface area contributed by atoms with Crippen LogP contribution in [-0.4, -0.2) is 18.4 Å². The third kappa shape index (κ3) is 5.45. The van der Waals surface area contributed by atoms with Crippen molar-refractivity contribution >= 4 is 17.5 Å². The molecule has 0 aliphatic rings. The number of carbonyl (C=O) groups is 2. The van der Waals surface area contributed by atoms with Crippen LogP contribution in [0.1, 0.15) is 34.5 Å². The topological polar surface area (TPSA) is 67.4 Å². The van der Waals surface area contributed by atoms with Gasteiger partial charge in [-0.2, -0.15) is 0 Å². The van der Waals surface area contributed by atoms with E-state index in [9.17, 15) is 9.59 Å². The zero-order valence-corrected chi connectivity index (χ0v) is 16.5. The standard InChI is InChI=1S/C24H24N2O3/c1-17-10-6-9-15-22(17)29-16-23(27)26-21-14-8-7-13-20(21)24(28)25-18(2)19-11-4-3-5-12-19/h3-15,18H,16H2,1-2H3,(H,25,28)(H,26,27)/t18-/m1/s1. The van der Waals surface area contributed by atoms with Gasteiger partial charge in [0, 0.05) is 0 Å². The molecule has 0 heterocycles. The smallest absolute Gasteiger partial charge is 0.262 e. The molecule has 5 nitrogen and oxygen atoms in total. The molecule has 29 heavy (non-hydrogen) atoms. The Labute approximate surface area is 170 Å². The number of anilines is 1. The highest BCUT2D eigenvalue weighted by Crippen LogP contribution is 2.19. The molecule has 3 aromatic rings. The summed E-state index contributed by atoms with van der Waals surface area (Å²) in [6.45, 7) is 3.70. The molecule has 2 N–H and O–H groups in total. The van der Waals surface area contributed by atoms with Crippen LogP contribution in [0.15, 0.2) is 78.9 Å². The third-order valence-corrected chi connectivity index (χ3v) is 4.55.